The van der Waals surface area contributed by atoms with Gasteiger partial charge in [0.25, 0.3) is 0 Å². The molecule has 2 saturated carbocycles. The van der Waals surface area contributed by atoms with Gasteiger partial charge < -0.3 is 20.7 Å². The van der Waals surface area contributed by atoms with E-state index in [0.29, 0.717) is 29.2 Å². The summed E-state index contributed by atoms with van der Waals surface area (Å²) < 4.78 is 8.51. The smallest absolute Gasteiger partial charge is 0.233 e. The number of rotatable bonds is 21. The van der Waals surface area contributed by atoms with E-state index in [1.54, 1.807) is 11.9 Å². The largest absolute Gasteiger partial charge is 0.380 e. The van der Waals surface area contributed by atoms with Crippen molar-refractivity contribution in [2.75, 3.05) is 33.8 Å². The van der Waals surface area contributed by atoms with Crippen LogP contribution in [0.1, 0.15) is 119 Å². The molecule has 1 heterocycles. The predicted molar refractivity (Wildman–Crippen MR) is 231 cm³/mol. The fraction of sp³-hybridized carbons (Fsp3) is 0.667. The van der Waals surface area contributed by atoms with Crippen LogP contribution in [-0.2, 0) is 9.53 Å². The normalized spacial score (nSPS) is 20.6. The van der Waals surface area contributed by atoms with Crippen molar-refractivity contribution in [2.45, 2.75) is 136 Å². The molecular formula is C45H78N4O2S. The predicted octanol–water partition coefficient (Wildman–Crippen LogP) is 10.2. The van der Waals surface area contributed by atoms with Gasteiger partial charge in [-0.05, 0) is 113 Å². The first-order valence-corrected chi connectivity index (χ1v) is 20.8. The molecule has 0 aromatic heterocycles. The summed E-state index contributed by atoms with van der Waals surface area (Å²) in [6, 6.07) is 0.543. The van der Waals surface area contributed by atoms with E-state index in [0.717, 1.165) is 56.0 Å². The molecule has 7 heteroatoms. The Morgan fingerprint density at radius 2 is 1.63 bits per heavy atom. The maximum absolute atomic E-state index is 11.3. The molecule has 0 radical (unpaired) electrons. The van der Waals surface area contributed by atoms with Crippen LogP contribution in [0.3, 0.4) is 0 Å². The fourth-order valence-corrected chi connectivity index (χ4v) is 6.69. The highest BCUT2D eigenvalue weighted by atomic mass is 32.2. The molecule has 6 nitrogen and oxygen atoms in total. The lowest BCUT2D eigenvalue weighted by Crippen LogP contribution is -2.36. The van der Waals surface area contributed by atoms with Crippen LogP contribution in [0.4, 0.5) is 0 Å². The number of amides is 1. The van der Waals surface area contributed by atoms with E-state index < -0.39 is 0 Å². The summed E-state index contributed by atoms with van der Waals surface area (Å²) in [6.07, 6.45) is 21.3. The molecular weight excluding hydrogens is 661 g/mol. The molecule has 0 bridgehead atoms. The van der Waals surface area contributed by atoms with Gasteiger partial charge >= 0.3 is 0 Å². The Kier molecular flexibility index (Phi) is 28.5. The van der Waals surface area contributed by atoms with Gasteiger partial charge in [-0.25, -0.2) is 0 Å². The zero-order valence-corrected chi connectivity index (χ0v) is 35.6. The molecule has 1 saturated heterocycles. The van der Waals surface area contributed by atoms with Crippen molar-refractivity contribution in [1.82, 2.24) is 14.9 Å². The Balaban J connectivity index is 0.00000117. The van der Waals surface area contributed by atoms with Crippen LogP contribution >= 0.6 is 11.9 Å². The maximum Gasteiger partial charge on any atom is 0.233 e. The molecule has 296 valence electrons. The average Bonchev–Trinajstić information content (AvgIpc) is 4.06. The van der Waals surface area contributed by atoms with Crippen molar-refractivity contribution in [3.05, 3.63) is 73.0 Å². The third kappa shape index (κ3) is 21.9. The van der Waals surface area contributed by atoms with E-state index in [-0.39, 0.29) is 11.8 Å². The lowest BCUT2D eigenvalue weighted by Gasteiger charge is -2.31. The van der Waals surface area contributed by atoms with Gasteiger partial charge in [0.1, 0.15) is 0 Å². The molecule has 52 heavy (non-hydrogen) atoms. The Bertz CT molecular complexity index is 1170. The van der Waals surface area contributed by atoms with E-state index in [1.807, 2.05) is 45.3 Å². The Hall–Kier alpha value is -2.50. The molecule has 4 N–H and O–H groups in total. The topological polar surface area (TPSA) is 79.6 Å². The highest BCUT2D eigenvalue weighted by Gasteiger charge is 2.41. The van der Waals surface area contributed by atoms with Gasteiger partial charge in [0.15, 0.2) is 0 Å². The minimum Gasteiger partial charge on any atom is -0.380 e. The summed E-state index contributed by atoms with van der Waals surface area (Å²) in [5.41, 5.74) is 8.93. The van der Waals surface area contributed by atoms with Crippen molar-refractivity contribution >= 4 is 17.9 Å². The van der Waals surface area contributed by atoms with Crippen LogP contribution in [0.15, 0.2) is 73.0 Å². The third-order valence-electron chi connectivity index (χ3n) is 9.03. The number of nitrogens with one attached hydrogen (secondary N) is 2. The lowest BCUT2D eigenvalue weighted by molar-refractivity contribution is -0.120. The van der Waals surface area contributed by atoms with E-state index >= 15 is 0 Å². The van der Waals surface area contributed by atoms with Crippen molar-refractivity contribution in [2.24, 2.45) is 29.4 Å². The van der Waals surface area contributed by atoms with Gasteiger partial charge in [-0.3, -0.25) is 9.52 Å². The van der Waals surface area contributed by atoms with Crippen LogP contribution in [0.2, 0.25) is 0 Å². The van der Waals surface area contributed by atoms with Gasteiger partial charge in [0.2, 0.25) is 5.91 Å². The molecule has 4 atom stereocenters. The Morgan fingerprint density at radius 1 is 1.02 bits per heavy atom. The summed E-state index contributed by atoms with van der Waals surface area (Å²) in [6.45, 7) is 34.1. The molecule has 0 spiro atoms. The van der Waals surface area contributed by atoms with E-state index in [4.69, 9.17) is 4.74 Å². The molecule has 3 aliphatic rings. The minimum absolute atomic E-state index is 0.205. The van der Waals surface area contributed by atoms with Gasteiger partial charge in [0, 0.05) is 48.7 Å². The number of likely N-dealkylation sites (tertiary alicyclic amines) is 1. The summed E-state index contributed by atoms with van der Waals surface area (Å²) in [4.78, 5) is 13.8. The molecule has 3 rings (SSSR count). The number of ether oxygens (including phenoxy) is 1. The van der Waals surface area contributed by atoms with E-state index in [9.17, 15) is 4.79 Å². The Labute approximate surface area is 325 Å². The third-order valence-corrected chi connectivity index (χ3v) is 10.2. The van der Waals surface area contributed by atoms with Crippen LogP contribution in [0, 0.1) is 35.5 Å². The SMILES string of the molecule is C=C/C(CCCCCCCCNCC(=C)N1CC(OC)CC1C(C)C)=C(/C#CC)C(=C)/C=C\C.C=CC1CC1C(=O)NSC1CC1.CC(C)C.CN. The van der Waals surface area contributed by atoms with Gasteiger partial charge in [-0.1, -0.05) is 110 Å². The van der Waals surface area contributed by atoms with Crippen molar-refractivity contribution < 1.29 is 9.53 Å². The number of carbonyl (C=O) groups excluding carboxylic acids is 1. The summed E-state index contributed by atoms with van der Waals surface area (Å²) >= 11 is 1.60. The minimum atomic E-state index is 0.205. The molecule has 1 amide bonds. The van der Waals surface area contributed by atoms with E-state index in [1.165, 1.54) is 69.7 Å². The number of hydrogen-bond donors (Lipinski definition) is 3. The lowest BCUT2D eigenvalue weighted by atomic mass is 9.96. The first-order chi connectivity index (χ1) is 24.9. The standard InChI is InChI=1S/C31H50N2O.C9H13NOS.C4H10.CH5N/c1-9-18-26(6)30(19-10-2)28(11-3)20-16-14-12-13-15-17-21-32-23-27(7)33-24-29(34-8)22-31(33)25(4)5;1-2-6-5-8(6)9(11)10-12-7-3-4-7;1-4(2)3;1-2/h9,11,18,25,29,31-32H,3,6-7,12-17,20-24H2,1-2,4-5,8H3;2,6-8H,1,3-5H2,(H,10,11);4H,1-3H3;2H2,1H3/b18-9-,30-28+;;;. The second-order valence-electron chi connectivity index (χ2n) is 14.9. The second-order valence-corrected chi connectivity index (χ2v) is 16.0. The summed E-state index contributed by atoms with van der Waals surface area (Å²) in [5.74, 6) is 8.58. The summed E-state index contributed by atoms with van der Waals surface area (Å²) in [5, 5.41) is 4.30. The van der Waals surface area contributed by atoms with Crippen molar-refractivity contribution in [3.63, 3.8) is 0 Å². The van der Waals surface area contributed by atoms with Crippen molar-refractivity contribution in [1.29, 1.82) is 0 Å². The first-order valence-electron chi connectivity index (χ1n) is 19.9. The molecule has 3 fully saturated rings. The fourth-order valence-electron chi connectivity index (χ4n) is 5.88. The number of nitrogens with zero attached hydrogens (tertiary/aromatic N) is 1. The quantitative estimate of drug-likeness (QED) is 0.0358. The van der Waals surface area contributed by atoms with Gasteiger partial charge in [-0.2, -0.15) is 0 Å². The van der Waals surface area contributed by atoms with Gasteiger partial charge in [-0.15, -0.1) is 12.5 Å². The number of methoxy groups -OCH3 is 1. The summed E-state index contributed by atoms with van der Waals surface area (Å²) in [7, 11) is 3.32. The zero-order chi connectivity index (χ0) is 39.5. The van der Waals surface area contributed by atoms with Crippen LogP contribution in [-0.4, -0.2) is 62.0 Å². The first kappa shape index (κ1) is 49.5. The second kappa shape index (κ2) is 29.9. The van der Waals surface area contributed by atoms with Crippen LogP contribution < -0.4 is 15.8 Å². The average molecular weight is 739 g/mol. The number of hydrogen-bond acceptors (Lipinski definition) is 6. The van der Waals surface area contributed by atoms with Gasteiger partial charge in [0.05, 0.1) is 6.10 Å². The van der Waals surface area contributed by atoms with Crippen LogP contribution in [0.5, 0.6) is 0 Å². The highest BCUT2D eigenvalue weighted by molar-refractivity contribution is 7.98. The van der Waals surface area contributed by atoms with Crippen molar-refractivity contribution in [3.8, 4) is 11.8 Å². The molecule has 0 aromatic carbocycles. The maximum atomic E-state index is 11.3. The highest BCUT2D eigenvalue weighted by Crippen LogP contribution is 2.40. The number of carbonyl (C=O) groups is 1. The zero-order valence-electron chi connectivity index (χ0n) is 34.8. The van der Waals surface area contributed by atoms with E-state index in [2.05, 4.69) is 93.4 Å². The number of allylic oxidation sites excluding steroid dienone is 7. The molecule has 0 aromatic rings. The monoisotopic (exact) mass is 739 g/mol. The Morgan fingerprint density at radius 3 is 2.13 bits per heavy atom. The molecule has 1 aliphatic heterocycles. The van der Waals surface area contributed by atoms with Crippen LogP contribution in [0.25, 0.3) is 0 Å². The number of nitrogens with two attached hydrogens (primary N) is 1. The molecule has 2 aliphatic carbocycles. The number of unbranched alkanes of at least 4 members (excludes halogenated alkanes) is 5. The molecule has 4 unspecified atom stereocenters.